The SMILES string of the molecule is C=C(NOC(=O)C1CCC(CC)CC1)C(CC(C)=O)S(=O)(=O)O. The molecule has 0 aliphatic heterocycles. The highest BCUT2D eigenvalue weighted by Crippen LogP contribution is 2.31. The zero-order chi connectivity index (χ0) is 17.6. The average molecular weight is 347 g/mol. The lowest BCUT2D eigenvalue weighted by Gasteiger charge is -2.26. The average Bonchev–Trinajstić information content (AvgIpc) is 2.48. The Balaban J connectivity index is 2.53. The summed E-state index contributed by atoms with van der Waals surface area (Å²) < 4.78 is 31.7. The van der Waals surface area contributed by atoms with Gasteiger partial charge in [-0.15, -0.1) is 0 Å². The number of hydrogen-bond donors (Lipinski definition) is 2. The Hall–Kier alpha value is -1.41. The van der Waals surface area contributed by atoms with Crippen molar-refractivity contribution in [2.45, 2.75) is 57.6 Å². The quantitative estimate of drug-likeness (QED) is 0.510. The molecule has 1 unspecified atom stereocenters. The first-order chi connectivity index (χ1) is 10.6. The molecule has 0 bridgehead atoms. The van der Waals surface area contributed by atoms with E-state index in [1.807, 2.05) is 0 Å². The van der Waals surface area contributed by atoms with Crippen molar-refractivity contribution in [3.05, 3.63) is 12.3 Å². The smallest absolute Gasteiger partial charge is 0.335 e. The molecule has 0 spiro atoms. The minimum absolute atomic E-state index is 0.227. The number of ketones is 1. The molecule has 1 saturated carbocycles. The lowest BCUT2D eigenvalue weighted by Crippen LogP contribution is -2.35. The molecule has 132 valence electrons. The molecule has 0 heterocycles. The van der Waals surface area contributed by atoms with Crippen LogP contribution in [0.4, 0.5) is 0 Å². The molecule has 1 aliphatic rings. The largest absolute Gasteiger partial charge is 0.343 e. The summed E-state index contributed by atoms with van der Waals surface area (Å²) in [5, 5.41) is -1.54. The van der Waals surface area contributed by atoms with E-state index in [9.17, 15) is 18.0 Å². The molecule has 1 aliphatic carbocycles. The zero-order valence-corrected chi connectivity index (χ0v) is 14.4. The monoisotopic (exact) mass is 347 g/mol. The van der Waals surface area contributed by atoms with Crippen LogP contribution in [0, 0.1) is 11.8 Å². The van der Waals surface area contributed by atoms with Gasteiger partial charge in [0, 0.05) is 6.42 Å². The van der Waals surface area contributed by atoms with E-state index in [4.69, 9.17) is 9.39 Å². The Morgan fingerprint density at radius 2 is 1.87 bits per heavy atom. The Kier molecular flexibility index (Phi) is 7.21. The molecule has 8 heteroatoms. The molecule has 1 rings (SSSR count). The van der Waals surface area contributed by atoms with Crippen molar-refractivity contribution >= 4 is 21.9 Å². The first-order valence-corrected chi connectivity index (χ1v) is 9.26. The fourth-order valence-corrected chi connectivity index (χ4v) is 3.59. The highest BCUT2D eigenvalue weighted by atomic mass is 32.2. The molecule has 23 heavy (non-hydrogen) atoms. The summed E-state index contributed by atoms with van der Waals surface area (Å²) >= 11 is 0. The maximum absolute atomic E-state index is 12.0. The second-order valence-corrected chi connectivity index (χ2v) is 7.68. The van der Waals surface area contributed by atoms with Crippen molar-refractivity contribution in [1.82, 2.24) is 5.48 Å². The molecule has 0 amide bonds. The number of hydrogen-bond acceptors (Lipinski definition) is 6. The Labute approximate surface area is 137 Å². The van der Waals surface area contributed by atoms with Crippen molar-refractivity contribution in [1.29, 1.82) is 0 Å². The second-order valence-electron chi connectivity index (χ2n) is 6.08. The fourth-order valence-electron chi connectivity index (χ4n) is 2.74. The Morgan fingerprint density at radius 3 is 2.30 bits per heavy atom. The zero-order valence-electron chi connectivity index (χ0n) is 13.6. The number of Topliss-reactive ketones (excluding diaryl/α,β-unsaturated/α-hetero) is 1. The van der Waals surface area contributed by atoms with E-state index >= 15 is 0 Å². The van der Waals surface area contributed by atoms with Gasteiger partial charge in [-0.3, -0.25) is 9.35 Å². The fraction of sp³-hybridized carbons (Fsp3) is 0.733. The van der Waals surface area contributed by atoms with Gasteiger partial charge in [0.15, 0.2) is 0 Å². The van der Waals surface area contributed by atoms with Crippen LogP contribution in [0.5, 0.6) is 0 Å². The van der Waals surface area contributed by atoms with E-state index in [2.05, 4.69) is 19.0 Å². The molecular weight excluding hydrogens is 322 g/mol. The van der Waals surface area contributed by atoms with Gasteiger partial charge in [-0.1, -0.05) is 19.9 Å². The van der Waals surface area contributed by atoms with Crippen LogP contribution in [0.2, 0.25) is 0 Å². The van der Waals surface area contributed by atoms with Gasteiger partial charge < -0.3 is 4.84 Å². The number of carbonyl (C=O) groups excluding carboxylic acids is 2. The summed E-state index contributed by atoms with van der Waals surface area (Å²) in [7, 11) is -4.52. The van der Waals surface area contributed by atoms with Crippen molar-refractivity contribution in [3.63, 3.8) is 0 Å². The van der Waals surface area contributed by atoms with Crippen LogP contribution in [0.3, 0.4) is 0 Å². The number of rotatable bonds is 8. The predicted molar refractivity (Wildman–Crippen MR) is 84.7 cm³/mol. The van der Waals surface area contributed by atoms with Gasteiger partial charge in [-0.2, -0.15) is 8.42 Å². The van der Waals surface area contributed by atoms with Gasteiger partial charge >= 0.3 is 5.97 Å². The minimum atomic E-state index is -4.52. The summed E-state index contributed by atoms with van der Waals surface area (Å²) in [6, 6.07) is 0. The van der Waals surface area contributed by atoms with Crippen molar-refractivity contribution in [2.75, 3.05) is 0 Å². The predicted octanol–water partition coefficient (Wildman–Crippen LogP) is 2.00. The molecule has 0 saturated heterocycles. The van der Waals surface area contributed by atoms with Gasteiger partial charge in [-0.05, 0) is 38.5 Å². The van der Waals surface area contributed by atoms with Gasteiger partial charge in [0.25, 0.3) is 10.1 Å². The normalized spacial score (nSPS) is 22.9. The molecule has 1 fully saturated rings. The summed E-state index contributed by atoms with van der Waals surface area (Å²) in [5.41, 5.74) is 1.94. The highest BCUT2D eigenvalue weighted by molar-refractivity contribution is 7.86. The third-order valence-electron chi connectivity index (χ3n) is 4.26. The van der Waals surface area contributed by atoms with Crippen LogP contribution in [0.1, 0.15) is 52.4 Å². The minimum Gasteiger partial charge on any atom is -0.343 e. The van der Waals surface area contributed by atoms with Crippen LogP contribution in [-0.2, 0) is 24.5 Å². The second kappa shape index (κ2) is 8.44. The topological polar surface area (TPSA) is 110 Å². The summed E-state index contributed by atoms with van der Waals surface area (Å²) in [5.74, 6) is -0.492. The van der Waals surface area contributed by atoms with E-state index in [1.54, 1.807) is 0 Å². The van der Waals surface area contributed by atoms with Gasteiger partial charge in [-0.25, -0.2) is 10.3 Å². The molecule has 0 aromatic rings. The van der Waals surface area contributed by atoms with E-state index < -0.39 is 33.5 Å². The maximum atomic E-state index is 12.0. The van der Waals surface area contributed by atoms with Crippen LogP contribution in [-0.4, -0.2) is 30.0 Å². The third kappa shape index (κ3) is 6.31. The standard InChI is InChI=1S/C15H25NO6S/c1-4-12-5-7-13(8-6-12)15(18)22-16-11(3)14(9-10(2)17)23(19,20)21/h12-14,16H,3-9H2,1-2H3,(H,19,20,21). The van der Waals surface area contributed by atoms with E-state index in [1.165, 1.54) is 6.92 Å². The van der Waals surface area contributed by atoms with E-state index in [0.29, 0.717) is 5.92 Å². The molecule has 2 N–H and O–H groups in total. The molecule has 1 atom stereocenters. The van der Waals surface area contributed by atoms with Crippen LogP contribution < -0.4 is 5.48 Å². The molecular formula is C15H25NO6S. The number of carbonyl (C=O) groups is 2. The molecule has 0 radical (unpaired) electrons. The maximum Gasteiger partial charge on any atom is 0.335 e. The summed E-state index contributed by atoms with van der Waals surface area (Å²) in [4.78, 5) is 28.0. The van der Waals surface area contributed by atoms with E-state index in [-0.39, 0.29) is 11.6 Å². The van der Waals surface area contributed by atoms with Gasteiger partial charge in [0.05, 0.1) is 11.6 Å². The number of nitrogens with one attached hydrogen (secondary N) is 1. The molecule has 7 nitrogen and oxygen atoms in total. The third-order valence-corrected chi connectivity index (χ3v) is 5.43. The number of hydroxylamine groups is 1. The van der Waals surface area contributed by atoms with Gasteiger partial charge in [0.2, 0.25) is 0 Å². The summed E-state index contributed by atoms with van der Waals surface area (Å²) in [6.45, 7) is 6.76. The molecule has 0 aromatic carbocycles. The molecule has 0 aromatic heterocycles. The van der Waals surface area contributed by atoms with E-state index in [0.717, 1.165) is 32.1 Å². The highest BCUT2D eigenvalue weighted by Gasteiger charge is 2.30. The van der Waals surface area contributed by atoms with Crippen LogP contribution in [0.25, 0.3) is 0 Å². The van der Waals surface area contributed by atoms with Crippen molar-refractivity contribution in [2.24, 2.45) is 11.8 Å². The van der Waals surface area contributed by atoms with Crippen LogP contribution in [0.15, 0.2) is 12.3 Å². The summed E-state index contributed by atoms with van der Waals surface area (Å²) in [6.07, 6.45) is 4.06. The first kappa shape index (κ1) is 19.6. The Morgan fingerprint density at radius 1 is 1.30 bits per heavy atom. The van der Waals surface area contributed by atoms with Gasteiger partial charge in [0.1, 0.15) is 11.0 Å². The lowest BCUT2D eigenvalue weighted by atomic mass is 9.81. The first-order valence-electron chi connectivity index (χ1n) is 7.76. The van der Waals surface area contributed by atoms with Crippen molar-refractivity contribution in [3.8, 4) is 0 Å². The Bertz CT molecular complexity index is 548. The lowest BCUT2D eigenvalue weighted by molar-refractivity contribution is -0.156. The van der Waals surface area contributed by atoms with Crippen LogP contribution >= 0.6 is 0 Å². The van der Waals surface area contributed by atoms with Crippen molar-refractivity contribution < 1.29 is 27.4 Å².